The van der Waals surface area contributed by atoms with Crippen LogP contribution in [0.3, 0.4) is 0 Å². The second-order valence-corrected chi connectivity index (χ2v) is 5.39. The summed E-state index contributed by atoms with van der Waals surface area (Å²) >= 11 is 4.92. The van der Waals surface area contributed by atoms with Crippen LogP contribution in [0.2, 0.25) is 0 Å². The molecular weight excluding hydrogens is 344 g/mol. The van der Waals surface area contributed by atoms with Gasteiger partial charge in [0.15, 0.2) is 5.11 Å². The van der Waals surface area contributed by atoms with Gasteiger partial charge in [-0.15, -0.1) is 0 Å². The Morgan fingerprint density at radius 2 is 1.76 bits per heavy atom. The summed E-state index contributed by atoms with van der Waals surface area (Å²) in [6.07, 6.45) is 0. The summed E-state index contributed by atoms with van der Waals surface area (Å²) in [6, 6.07) is 12.2. The van der Waals surface area contributed by atoms with Gasteiger partial charge in [-0.05, 0) is 36.8 Å². The largest absolute Gasteiger partial charge is 0.298 e. The third-order valence-corrected chi connectivity index (χ3v) is 3.43. The Labute approximate surface area is 148 Å². The molecule has 0 atom stereocenters. The van der Waals surface area contributed by atoms with Gasteiger partial charge in [0, 0.05) is 23.3 Å². The third-order valence-electron chi connectivity index (χ3n) is 3.23. The lowest BCUT2D eigenvalue weighted by molar-refractivity contribution is -0.384. The van der Waals surface area contributed by atoms with Gasteiger partial charge in [0.1, 0.15) is 0 Å². The number of thiocarbonyl (C=S) groups is 1. The molecule has 0 radical (unpaired) electrons. The molecule has 0 spiro atoms. The van der Waals surface area contributed by atoms with E-state index in [0.29, 0.717) is 5.56 Å². The molecule has 0 heterocycles. The maximum Gasteiger partial charge on any atom is 0.270 e. The zero-order chi connectivity index (χ0) is 18.4. The van der Waals surface area contributed by atoms with Gasteiger partial charge in [-0.25, -0.2) is 0 Å². The number of hydrazine groups is 1. The fourth-order valence-electron chi connectivity index (χ4n) is 1.98. The first-order valence-electron chi connectivity index (χ1n) is 7.10. The first kappa shape index (κ1) is 18.0. The highest BCUT2D eigenvalue weighted by Gasteiger charge is 2.13. The Morgan fingerprint density at radius 3 is 2.44 bits per heavy atom. The van der Waals surface area contributed by atoms with Crippen LogP contribution in [-0.2, 0) is 0 Å². The lowest BCUT2D eigenvalue weighted by atomic mass is 10.1. The number of benzene rings is 2. The highest BCUT2D eigenvalue weighted by Crippen LogP contribution is 2.12. The van der Waals surface area contributed by atoms with Gasteiger partial charge in [-0.2, -0.15) is 0 Å². The summed E-state index contributed by atoms with van der Waals surface area (Å²) in [5.74, 6) is -1.05. The number of aryl methyl sites for hydroxylation is 1. The molecule has 0 aliphatic heterocycles. The third kappa shape index (κ3) is 4.82. The normalized spacial score (nSPS) is 9.80. The number of nitrogens with one attached hydrogen (secondary N) is 3. The van der Waals surface area contributed by atoms with Gasteiger partial charge in [0.25, 0.3) is 17.5 Å². The summed E-state index contributed by atoms with van der Waals surface area (Å²) < 4.78 is 0. The summed E-state index contributed by atoms with van der Waals surface area (Å²) in [5, 5.41) is 12.9. The second kappa shape index (κ2) is 7.97. The minimum Gasteiger partial charge on any atom is -0.298 e. The van der Waals surface area contributed by atoms with E-state index in [1.165, 1.54) is 18.2 Å². The summed E-state index contributed by atoms with van der Waals surface area (Å²) in [7, 11) is 0. The molecule has 8 nitrogen and oxygen atoms in total. The van der Waals surface area contributed by atoms with E-state index in [4.69, 9.17) is 12.2 Å². The number of non-ortho nitro benzene ring substituents is 1. The van der Waals surface area contributed by atoms with Crippen molar-refractivity contribution in [3.63, 3.8) is 0 Å². The molecule has 2 rings (SSSR count). The van der Waals surface area contributed by atoms with Crippen LogP contribution in [0, 0.1) is 17.0 Å². The van der Waals surface area contributed by atoms with Gasteiger partial charge in [0.2, 0.25) is 0 Å². The van der Waals surface area contributed by atoms with E-state index in [2.05, 4.69) is 16.2 Å². The Balaban J connectivity index is 1.93. The van der Waals surface area contributed by atoms with E-state index < -0.39 is 16.7 Å². The van der Waals surface area contributed by atoms with Crippen molar-refractivity contribution in [2.45, 2.75) is 6.92 Å². The minimum atomic E-state index is -0.633. The van der Waals surface area contributed by atoms with Crippen LogP contribution in [0.15, 0.2) is 48.5 Å². The fraction of sp³-hybridized carbons (Fsp3) is 0.0625. The zero-order valence-corrected chi connectivity index (χ0v) is 13.9. The molecular formula is C16H14N4O4S. The van der Waals surface area contributed by atoms with E-state index in [9.17, 15) is 19.7 Å². The van der Waals surface area contributed by atoms with Crippen LogP contribution in [0.5, 0.6) is 0 Å². The molecule has 0 fully saturated rings. The van der Waals surface area contributed by atoms with Crippen LogP contribution in [0.25, 0.3) is 0 Å². The number of amides is 2. The first-order chi connectivity index (χ1) is 11.9. The summed E-state index contributed by atoms with van der Waals surface area (Å²) in [6.45, 7) is 1.79. The van der Waals surface area contributed by atoms with E-state index in [1.54, 1.807) is 25.1 Å². The number of carbonyl (C=O) groups excluding carboxylic acids is 2. The predicted molar refractivity (Wildman–Crippen MR) is 94.9 cm³/mol. The quantitative estimate of drug-likeness (QED) is 0.438. The topological polar surface area (TPSA) is 113 Å². The van der Waals surface area contributed by atoms with Crippen molar-refractivity contribution in [1.82, 2.24) is 16.2 Å². The molecule has 2 aromatic rings. The molecule has 25 heavy (non-hydrogen) atoms. The first-order valence-corrected chi connectivity index (χ1v) is 7.51. The van der Waals surface area contributed by atoms with E-state index in [-0.39, 0.29) is 16.4 Å². The maximum absolute atomic E-state index is 12.0. The Hall–Kier alpha value is -3.33. The molecule has 2 amide bonds. The number of hydrogen-bond acceptors (Lipinski definition) is 5. The Morgan fingerprint density at radius 1 is 1.04 bits per heavy atom. The smallest absolute Gasteiger partial charge is 0.270 e. The molecule has 3 N–H and O–H groups in total. The van der Waals surface area contributed by atoms with Gasteiger partial charge in [0.05, 0.1) is 4.92 Å². The summed E-state index contributed by atoms with van der Waals surface area (Å²) in [5.41, 5.74) is 5.90. The average molecular weight is 358 g/mol. The number of nitrogens with zero attached hydrogens (tertiary/aromatic N) is 1. The maximum atomic E-state index is 12.0. The molecule has 0 aliphatic carbocycles. The highest BCUT2D eigenvalue weighted by atomic mass is 32.1. The Bertz CT molecular complexity index is 854. The molecule has 128 valence electrons. The van der Waals surface area contributed by atoms with Gasteiger partial charge in [-0.3, -0.25) is 35.9 Å². The molecule has 9 heteroatoms. The van der Waals surface area contributed by atoms with Crippen molar-refractivity contribution < 1.29 is 14.5 Å². The number of nitro groups is 1. The molecule has 0 bridgehead atoms. The average Bonchev–Trinajstić information content (AvgIpc) is 2.60. The number of rotatable bonds is 3. The molecule has 0 aromatic heterocycles. The molecule has 2 aromatic carbocycles. The molecule has 0 unspecified atom stereocenters. The van der Waals surface area contributed by atoms with E-state index >= 15 is 0 Å². The fourth-order valence-corrected chi connectivity index (χ4v) is 2.12. The van der Waals surface area contributed by atoms with Crippen molar-refractivity contribution in [2.75, 3.05) is 0 Å². The van der Waals surface area contributed by atoms with Crippen LogP contribution < -0.4 is 16.2 Å². The van der Waals surface area contributed by atoms with E-state index in [1.807, 2.05) is 6.07 Å². The van der Waals surface area contributed by atoms with Crippen molar-refractivity contribution in [3.05, 3.63) is 75.3 Å². The van der Waals surface area contributed by atoms with Gasteiger partial charge >= 0.3 is 0 Å². The van der Waals surface area contributed by atoms with Crippen LogP contribution >= 0.6 is 12.2 Å². The highest BCUT2D eigenvalue weighted by molar-refractivity contribution is 7.80. The lowest BCUT2D eigenvalue weighted by Gasteiger charge is -2.11. The summed E-state index contributed by atoms with van der Waals surface area (Å²) in [4.78, 5) is 34.2. The number of hydrogen-bond donors (Lipinski definition) is 3. The van der Waals surface area contributed by atoms with Crippen LogP contribution in [-0.4, -0.2) is 21.9 Å². The molecule has 0 saturated carbocycles. The second-order valence-electron chi connectivity index (χ2n) is 4.98. The van der Waals surface area contributed by atoms with Crippen molar-refractivity contribution in [2.24, 2.45) is 0 Å². The SMILES string of the molecule is Cc1ccccc1C(=O)NNC(=S)NC(=O)c1cccc([N+](=O)[O-])c1. The lowest BCUT2D eigenvalue weighted by Crippen LogP contribution is -2.48. The standard InChI is InChI=1S/C16H14N4O4S/c1-10-5-2-3-8-13(10)15(22)18-19-16(25)17-14(21)11-6-4-7-12(9-11)20(23)24/h2-9H,1H3,(H,18,22)(H2,17,19,21,25). The van der Waals surface area contributed by atoms with Crippen molar-refractivity contribution >= 4 is 34.8 Å². The molecule has 0 saturated heterocycles. The van der Waals surface area contributed by atoms with Crippen LogP contribution in [0.4, 0.5) is 5.69 Å². The Kier molecular flexibility index (Phi) is 5.75. The zero-order valence-electron chi connectivity index (χ0n) is 13.1. The monoisotopic (exact) mass is 358 g/mol. The van der Waals surface area contributed by atoms with Gasteiger partial charge in [-0.1, -0.05) is 24.3 Å². The van der Waals surface area contributed by atoms with Gasteiger partial charge < -0.3 is 0 Å². The van der Waals surface area contributed by atoms with Crippen molar-refractivity contribution in [3.8, 4) is 0 Å². The molecule has 0 aliphatic rings. The number of carbonyl (C=O) groups is 2. The van der Waals surface area contributed by atoms with E-state index in [0.717, 1.165) is 11.6 Å². The van der Waals surface area contributed by atoms with Crippen molar-refractivity contribution in [1.29, 1.82) is 0 Å². The van der Waals surface area contributed by atoms with Crippen LogP contribution in [0.1, 0.15) is 26.3 Å². The minimum absolute atomic E-state index is 0.0728. The number of nitro benzene ring substituents is 1. The predicted octanol–water partition coefficient (Wildman–Crippen LogP) is 1.85.